The summed E-state index contributed by atoms with van der Waals surface area (Å²) >= 11 is 0. The highest BCUT2D eigenvalue weighted by atomic mass is 31.1. The minimum absolute atomic E-state index is 0.135. The smallest absolute Gasteiger partial charge is 0.217 e. The maximum Gasteiger partial charge on any atom is 0.217 e. The molecular formula is C15H23NO2P. The lowest BCUT2D eigenvalue weighted by Crippen LogP contribution is -2.30. The number of benzene rings is 1. The summed E-state index contributed by atoms with van der Waals surface area (Å²) in [5.41, 5.74) is 1.32. The zero-order chi connectivity index (χ0) is 14.1. The predicted molar refractivity (Wildman–Crippen MR) is 80.7 cm³/mol. The minimum atomic E-state index is -1.86. The fraction of sp³-hybridized carbons (Fsp3) is 0.533. The van der Waals surface area contributed by atoms with Gasteiger partial charge in [0.25, 0.3) is 0 Å². The summed E-state index contributed by atoms with van der Waals surface area (Å²) in [5.74, 6) is 0.135. The Labute approximate surface area is 116 Å². The molecule has 0 spiro atoms. The molecule has 105 valence electrons. The third-order valence-corrected chi connectivity index (χ3v) is 4.51. The van der Waals surface area contributed by atoms with Gasteiger partial charge in [-0.05, 0) is 30.7 Å². The summed E-state index contributed by atoms with van der Waals surface area (Å²) in [6.45, 7) is 3.85. The van der Waals surface area contributed by atoms with Crippen LogP contribution in [0.4, 0.5) is 0 Å². The molecule has 0 fully saturated rings. The molecule has 0 aliphatic rings. The topological polar surface area (TPSA) is 46.2 Å². The first-order valence-corrected chi connectivity index (χ1v) is 8.46. The Balaban J connectivity index is 2.19. The minimum Gasteiger partial charge on any atom is -0.310 e. The molecule has 1 radical (unpaired) electrons. The fourth-order valence-electron chi connectivity index (χ4n) is 1.84. The molecule has 1 aromatic rings. The molecule has 0 aliphatic carbocycles. The van der Waals surface area contributed by atoms with Gasteiger partial charge in [0.1, 0.15) is 7.95 Å². The van der Waals surface area contributed by atoms with Crippen LogP contribution in [-0.4, -0.2) is 18.5 Å². The van der Waals surface area contributed by atoms with Crippen molar-refractivity contribution in [3.05, 3.63) is 35.9 Å². The Morgan fingerprint density at radius 2 is 1.89 bits per heavy atom. The number of hydrogen-bond donors (Lipinski definition) is 1. The zero-order valence-electron chi connectivity index (χ0n) is 11.7. The van der Waals surface area contributed by atoms with Crippen LogP contribution in [0.2, 0.25) is 0 Å². The van der Waals surface area contributed by atoms with Gasteiger partial charge in [-0.25, -0.2) is 0 Å². The molecule has 0 saturated heterocycles. The van der Waals surface area contributed by atoms with Crippen molar-refractivity contribution in [2.75, 3.05) is 6.16 Å². The number of rotatable bonds is 9. The molecule has 1 aromatic carbocycles. The predicted octanol–water partition coefficient (Wildman–Crippen LogP) is 3.21. The van der Waals surface area contributed by atoms with Crippen LogP contribution < -0.4 is 5.09 Å². The lowest BCUT2D eigenvalue weighted by atomic mass is 10.1. The van der Waals surface area contributed by atoms with Crippen molar-refractivity contribution in [1.82, 2.24) is 5.09 Å². The number of hydrogen-bond acceptors (Lipinski definition) is 2. The summed E-state index contributed by atoms with van der Waals surface area (Å²) in [4.78, 5) is 10.7. The molecule has 0 saturated carbocycles. The molecule has 0 bridgehead atoms. The summed E-state index contributed by atoms with van der Waals surface area (Å²) in [6.07, 6.45) is 5.53. The van der Waals surface area contributed by atoms with Crippen LogP contribution in [0.25, 0.3) is 0 Å². The van der Waals surface area contributed by atoms with Gasteiger partial charge in [0, 0.05) is 6.16 Å². The van der Waals surface area contributed by atoms with Crippen LogP contribution in [0.3, 0.4) is 0 Å². The van der Waals surface area contributed by atoms with E-state index in [1.165, 1.54) is 5.56 Å². The molecule has 3 nitrogen and oxygen atoms in total. The highest BCUT2D eigenvalue weighted by molar-refractivity contribution is 7.42. The average molecular weight is 280 g/mol. The Bertz CT molecular complexity index is 392. The normalized spacial score (nSPS) is 14.3. The van der Waals surface area contributed by atoms with Gasteiger partial charge in [-0.3, -0.25) is 9.88 Å². The first kappa shape index (κ1) is 16.1. The monoisotopic (exact) mass is 280 g/mol. The van der Waals surface area contributed by atoms with Crippen LogP contribution in [0.1, 0.15) is 32.3 Å². The van der Waals surface area contributed by atoms with E-state index in [0.717, 1.165) is 19.3 Å². The Hall–Kier alpha value is -0.920. The lowest BCUT2D eigenvalue weighted by Gasteiger charge is -2.14. The van der Waals surface area contributed by atoms with Crippen LogP contribution in [-0.2, 0) is 15.8 Å². The van der Waals surface area contributed by atoms with E-state index in [1.54, 1.807) is 0 Å². The first-order chi connectivity index (χ1) is 9.13. The van der Waals surface area contributed by atoms with Gasteiger partial charge in [0.2, 0.25) is 6.29 Å². The van der Waals surface area contributed by atoms with Crippen LogP contribution in [0, 0.1) is 5.92 Å². The molecule has 4 heteroatoms. The molecule has 0 aliphatic heterocycles. The van der Waals surface area contributed by atoms with E-state index in [0.29, 0.717) is 6.16 Å². The Morgan fingerprint density at radius 1 is 1.21 bits per heavy atom. The van der Waals surface area contributed by atoms with Crippen molar-refractivity contribution in [2.45, 2.75) is 39.2 Å². The zero-order valence-corrected chi connectivity index (χ0v) is 12.7. The van der Waals surface area contributed by atoms with Crippen LogP contribution >= 0.6 is 7.95 Å². The second kappa shape index (κ2) is 9.06. The highest BCUT2D eigenvalue weighted by Crippen LogP contribution is 2.20. The van der Waals surface area contributed by atoms with Crippen LogP contribution in [0.15, 0.2) is 30.3 Å². The number of unbranched alkanes of at least 4 members (excludes halogenated alkanes) is 1. The van der Waals surface area contributed by atoms with Crippen LogP contribution in [0.5, 0.6) is 0 Å². The van der Waals surface area contributed by atoms with Gasteiger partial charge in [-0.1, -0.05) is 44.2 Å². The number of aryl methyl sites for hydroxylation is 1. The third kappa shape index (κ3) is 6.70. The SMILES string of the molecule is CC(C)[C@@H]([C]=O)N[PH](=O)CCCCc1ccccc1. The van der Waals surface area contributed by atoms with Crippen molar-refractivity contribution >= 4 is 14.2 Å². The first-order valence-electron chi connectivity index (χ1n) is 6.84. The molecular weight excluding hydrogens is 257 g/mol. The van der Waals surface area contributed by atoms with Gasteiger partial charge in [-0.15, -0.1) is 0 Å². The number of nitrogens with one attached hydrogen (secondary N) is 1. The molecule has 1 N–H and O–H groups in total. The largest absolute Gasteiger partial charge is 0.310 e. The fourth-order valence-corrected chi connectivity index (χ4v) is 3.29. The Morgan fingerprint density at radius 3 is 2.47 bits per heavy atom. The van der Waals surface area contributed by atoms with Crippen molar-refractivity contribution in [2.24, 2.45) is 5.92 Å². The second-order valence-electron chi connectivity index (χ2n) is 5.10. The second-order valence-corrected chi connectivity index (χ2v) is 6.73. The van der Waals surface area contributed by atoms with Gasteiger partial charge in [0.05, 0.1) is 6.04 Å². The summed E-state index contributed by atoms with van der Waals surface area (Å²) in [5, 5.41) is 2.89. The highest BCUT2D eigenvalue weighted by Gasteiger charge is 2.14. The lowest BCUT2D eigenvalue weighted by molar-refractivity contribution is 0.484. The molecule has 0 heterocycles. The maximum atomic E-state index is 11.8. The van der Waals surface area contributed by atoms with Gasteiger partial charge < -0.3 is 4.57 Å². The Kier molecular flexibility index (Phi) is 7.69. The molecule has 2 atom stereocenters. The quantitative estimate of drug-likeness (QED) is 0.558. The van der Waals surface area contributed by atoms with Gasteiger partial charge in [0.15, 0.2) is 0 Å². The summed E-state index contributed by atoms with van der Waals surface area (Å²) in [7, 11) is -1.86. The summed E-state index contributed by atoms with van der Waals surface area (Å²) in [6, 6.07) is 9.89. The molecule has 19 heavy (non-hydrogen) atoms. The van der Waals surface area contributed by atoms with Crippen molar-refractivity contribution in [3.8, 4) is 0 Å². The molecule has 1 rings (SSSR count). The van der Waals surface area contributed by atoms with Crippen molar-refractivity contribution in [3.63, 3.8) is 0 Å². The van der Waals surface area contributed by atoms with Gasteiger partial charge >= 0.3 is 0 Å². The van der Waals surface area contributed by atoms with E-state index >= 15 is 0 Å². The number of carbonyl (C=O) groups excluding carboxylic acids is 1. The van der Waals surface area contributed by atoms with Gasteiger partial charge in [-0.2, -0.15) is 0 Å². The molecule has 0 amide bonds. The van der Waals surface area contributed by atoms with E-state index < -0.39 is 14.0 Å². The van der Waals surface area contributed by atoms with E-state index in [2.05, 4.69) is 17.2 Å². The molecule has 1 unspecified atom stereocenters. The van der Waals surface area contributed by atoms with E-state index in [-0.39, 0.29) is 5.92 Å². The van der Waals surface area contributed by atoms with E-state index in [9.17, 15) is 9.36 Å². The molecule has 0 aromatic heterocycles. The van der Waals surface area contributed by atoms with E-state index in [4.69, 9.17) is 0 Å². The average Bonchev–Trinajstić information content (AvgIpc) is 2.42. The van der Waals surface area contributed by atoms with Crippen molar-refractivity contribution < 1.29 is 9.36 Å². The standard InChI is InChI=1S/C15H23NO2P/c1-13(2)15(12-17)16-19(18)11-7-6-10-14-8-4-3-5-9-14/h3-5,8-9,13,15,19H,6-7,10-11H2,1-2H3,(H,16,18)/t15-/m1/s1. The van der Waals surface area contributed by atoms with E-state index in [1.807, 2.05) is 38.3 Å². The summed E-state index contributed by atoms with van der Waals surface area (Å²) < 4.78 is 11.8. The van der Waals surface area contributed by atoms with Crippen molar-refractivity contribution in [1.29, 1.82) is 0 Å². The third-order valence-electron chi connectivity index (χ3n) is 3.07. The maximum absolute atomic E-state index is 11.8.